The fraction of sp³-hybridized carbons (Fsp3) is 0.143. The zero-order chi connectivity index (χ0) is 12.3. The Bertz CT molecular complexity index is 474. The zero-order valence-electron chi connectivity index (χ0n) is 7.73. The second kappa shape index (κ2) is 4.77. The molecule has 0 fully saturated rings. The second-order valence-electron chi connectivity index (χ2n) is 2.79. The number of nitrogens with zero attached hydrogens (tertiary/aromatic N) is 2. The van der Waals surface area contributed by atoms with Crippen LogP contribution in [0.3, 0.4) is 0 Å². The van der Waals surface area contributed by atoms with E-state index in [9.17, 15) is 24.4 Å². The van der Waals surface area contributed by atoms with Crippen LogP contribution in [0.4, 0.5) is 11.4 Å². The predicted molar refractivity (Wildman–Crippen MR) is 54.2 cm³/mol. The first-order valence-electron chi connectivity index (χ1n) is 3.91. The van der Waals surface area contributed by atoms with Crippen LogP contribution in [-0.4, -0.2) is 18.6 Å². The second-order valence-corrected chi connectivity index (χ2v) is 3.72. The number of non-ortho nitro benzene ring substituents is 1. The molecule has 1 aromatic rings. The van der Waals surface area contributed by atoms with Crippen molar-refractivity contribution in [2.45, 2.75) is 5.75 Å². The molecule has 0 saturated carbocycles. The van der Waals surface area contributed by atoms with Crippen LogP contribution >= 0.6 is 0 Å². The van der Waals surface area contributed by atoms with Gasteiger partial charge in [-0.3, -0.25) is 20.2 Å². The normalized spacial score (nSPS) is 12.1. The minimum absolute atomic E-state index is 0.0172. The molecule has 8 nitrogen and oxygen atoms in total. The smallest absolute Gasteiger partial charge is 0.280 e. The topological polar surface area (TPSA) is 124 Å². The predicted octanol–water partition coefficient (Wildman–Crippen LogP) is 1.22. The maximum Gasteiger partial charge on any atom is 0.280 e. The van der Waals surface area contributed by atoms with Gasteiger partial charge in [0.2, 0.25) is 0 Å². The molecule has 0 bridgehead atoms. The Labute approximate surface area is 91.5 Å². The van der Waals surface area contributed by atoms with Gasteiger partial charge in [-0.25, -0.2) is 4.21 Å². The molecular weight excluding hydrogens is 240 g/mol. The SMILES string of the molecule is O=[N+]([O-])c1ccc(CS(=O)O)c([N+](=O)[O-])c1. The average molecular weight is 246 g/mol. The van der Waals surface area contributed by atoms with Crippen molar-refractivity contribution in [1.29, 1.82) is 0 Å². The van der Waals surface area contributed by atoms with Gasteiger partial charge in [-0.2, -0.15) is 0 Å². The number of nitro groups is 2. The highest BCUT2D eigenvalue weighted by atomic mass is 32.2. The van der Waals surface area contributed by atoms with Gasteiger partial charge in [0.05, 0.1) is 21.7 Å². The third-order valence-corrected chi connectivity index (χ3v) is 2.31. The number of hydrogen-bond acceptors (Lipinski definition) is 5. The summed E-state index contributed by atoms with van der Waals surface area (Å²) in [5, 5.41) is 21.0. The molecule has 1 unspecified atom stereocenters. The standard InChI is InChI=1S/C7H6N2O6S/c10-8(11)6-2-1-5(4-16(14)15)7(3-6)9(12)13/h1-3H,4H2,(H,14,15). The van der Waals surface area contributed by atoms with E-state index in [1.807, 2.05) is 0 Å². The summed E-state index contributed by atoms with van der Waals surface area (Å²) in [6.07, 6.45) is 0. The van der Waals surface area contributed by atoms with Crippen molar-refractivity contribution in [3.05, 3.63) is 44.0 Å². The lowest BCUT2D eigenvalue weighted by molar-refractivity contribution is -0.394. The molecule has 0 spiro atoms. The van der Waals surface area contributed by atoms with Crippen LogP contribution in [0.2, 0.25) is 0 Å². The van der Waals surface area contributed by atoms with Crippen molar-refractivity contribution in [2.75, 3.05) is 0 Å². The first kappa shape index (κ1) is 12.2. The molecule has 1 rings (SSSR count). The number of benzene rings is 1. The summed E-state index contributed by atoms with van der Waals surface area (Å²) in [5.74, 6) is -0.436. The zero-order valence-corrected chi connectivity index (χ0v) is 8.55. The molecule has 0 aliphatic rings. The molecule has 0 aliphatic carbocycles. The molecule has 9 heteroatoms. The monoisotopic (exact) mass is 246 g/mol. The van der Waals surface area contributed by atoms with Crippen molar-refractivity contribution in [3.8, 4) is 0 Å². The molecular formula is C7H6N2O6S. The summed E-state index contributed by atoms with van der Waals surface area (Å²) < 4.78 is 19.1. The minimum atomic E-state index is -2.23. The van der Waals surface area contributed by atoms with Crippen LogP contribution in [-0.2, 0) is 16.8 Å². The Morgan fingerprint density at radius 2 is 1.88 bits per heavy atom. The van der Waals surface area contributed by atoms with Crippen molar-refractivity contribution >= 4 is 22.5 Å². The number of hydrogen-bond donors (Lipinski definition) is 1. The minimum Gasteiger partial charge on any atom is -0.306 e. The summed E-state index contributed by atoms with van der Waals surface area (Å²) in [6, 6.07) is 2.92. The molecule has 0 aliphatic heterocycles. The molecule has 16 heavy (non-hydrogen) atoms. The first-order chi connectivity index (χ1) is 7.41. The molecule has 0 aromatic heterocycles. The average Bonchev–Trinajstić information content (AvgIpc) is 2.16. The highest BCUT2D eigenvalue weighted by molar-refractivity contribution is 7.78. The lowest BCUT2D eigenvalue weighted by Crippen LogP contribution is -2.00. The lowest BCUT2D eigenvalue weighted by Gasteiger charge is -1.99. The van der Waals surface area contributed by atoms with E-state index in [0.717, 1.165) is 18.2 Å². The Balaban J connectivity index is 3.24. The third kappa shape index (κ3) is 2.81. The van der Waals surface area contributed by atoms with Crippen LogP contribution < -0.4 is 0 Å². The molecule has 0 saturated heterocycles. The van der Waals surface area contributed by atoms with E-state index in [1.165, 1.54) is 0 Å². The quantitative estimate of drug-likeness (QED) is 0.484. The van der Waals surface area contributed by atoms with E-state index in [4.69, 9.17) is 4.55 Å². The van der Waals surface area contributed by atoms with Crippen molar-refractivity contribution < 1.29 is 18.6 Å². The summed E-state index contributed by atoms with van der Waals surface area (Å²) in [6.45, 7) is 0. The fourth-order valence-corrected chi connectivity index (χ4v) is 1.60. The highest BCUT2D eigenvalue weighted by Crippen LogP contribution is 2.25. The Morgan fingerprint density at radius 1 is 1.25 bits per heavy atom. The van der Waals surface area contributed by atoms with Gasteiger partial charge in [-0.1, -0.05) is 0 Å². The summed E-state index contributed by atoms with van der Waals surface area (Å²) in [7, 11) is 0. The van der Waals surface area contributed by atoms with E-state index in [0.29, 0.717) is 0 Å². The Kier molecular flexibility index (Phi) is 3.64. The fourth-order valence-electron chi connectivity index (χ4n) is 1.09. The van der Waals surface area contributed by atoms with E-state index in [2.05, 4.69) is 0 Å². The molecule has 86 valence electrons. The van der Waals surface area contributed by atoms with Gasteiger partial charge in [0.1, 0.15) is 0 Å². The third-order valence-electron chi connectivity index (χ3n) is 1.76. The van der Waals surface area contributed by atoms with Crippen LogP contribution in [0.25, 0.3) is 0 Å². The van der Waals surface area contributed by atoms with Gasteiger partial charge in [-0.05, 0) is 6.07 Å². The van der Waals surface area contributed by atoms with Gasteiger partial charge in [-0.15, -0.1) is 0 Å². The Hall–Kier alpha value is -1.87. The largest absolute Gasteiger partial charge is 0.306 e. The van der Waals surface area contributed by atoms with Crippen molar-refractivity contribution in [3.63, 3.8) is 0 Å². The van der Waals surface area contributed by atoms with Crippen molar-refractivity contribution in [2.24, 2.45) is 0 Å². The van der Waals surface area contributed by atoms with Crippen LogP contribution in [0.1, 0.15) is 5.56 Å². The van der Waals surface area contributed by atoms with E-state index in [1.54, 1.807) is 0 Å². The highest BCUT2D eigenvalue weighted by Gasteiger charge is 2.20. The summed E-state index contributed by atoms with van der Waals surface area (Å²) in [4.78, 5) is 19.4. The van der Waals surface area contributed by atoms with Gasteiger partial charge in [0.25, 0.3) is 11.4 Å². The molecule has 0 amide bonds. The van der Waals surface area contributed by atoms with E-state index in [-0.39, 0.29) is 5.56 Å². The number of rotatable bonds is 4. The van der Waals surface area contributed by atoms with Crippen molar-refractivity contribution in [1.82, 2.24) is 0 Å². The van der Waals surface area contributed by atoms with E-state index < -0.39 is 38.1 Å². The number of nitro benzene ring substituents is 2. The molecule has 0 radical (unpaired) electrons. The van der Waals surface area contributed by atoms with Gasteiger partial charge in [0.15, 0.2) is 11.1 Å². The van der Waals surface area contributed by atoms with Gasteiger partial charge >= 0.3 is 0 Å². The Morgan fingerprint density at radius 3 is 2.31 bits per heavy atom. The maximum absolute atomic E-state index is 10.6. The molecule has 1 N–H and O–H groups in total. The summed E-state index contributed by atoms with van der Waals surface area (Å²) in [5.41, 5.74) is -0.979. The summed E-state index contributed by atoms with van der Waals surface area (Å²) >= 11 is -2.23. The first-order valence-corrected chi connectivity index (χ1v) is 5.18. The van der Waals surface area contributed by atoms with E-state index >= 15 is 0 Å². The molecule has 1 atom stereocenters. The van der Waals surface area contributed by atoms with Gasteiger partial charge in [0, 0.05) is 11.6 Å². The lowest BCUT2D eigenvalue weighted by atomic mass is 10.2. The molecule has 1 aromatic carbocycles. The van der Waals surface area contributed by atoms with Crippen LogP contribution in [0.5, 0.6) is 0 Å². The maximum atomic E-state index is 10.6. The van der Waals surface area contributed by atoms with Crippen LogP contribution in [0, 0.1) is 20.2 Å². The van der Waals surface area contributed by atoms with Gasteiger partial charge < -0.3 is 4.55 Å². The molecule has 0 heterocycles. The van der Waals surface area contributed by atoms with Crippen LogP contribution in [0.15, 0.2) is 18.2 Å².